The van der Waals surface area contributed by atoms with Crippen LogP contribution in [0, 0.1) is 0 Å². The topological polar surface area (TPSA) is 59.6 Å². The van der Waals surface area contributed by atoms with Gasteiger partial charge in [-0.3, -0.25) is 0 Å². The van der Waals surface area contributed by atoms with Crippen LogP contribution in [0.3, 0.4) is 0 Å². The second-order valence-corrected chi connectivity index (χ2v) is 6.67. The number of anilines is 1. The number of para-hydroxylation sites is 1. The van der Waals surface area contributed by atoms with E-state index in [1.807, 2.05) is 30.3 Å². The molecule has 0 aromatic heterocycles. The number of ether oxygens (including phenoxy) is 2. The van der Waals surface area contributed by atoms with E-state index in [2.05, 4.69) is 41.0 Å². The van der Waals surface area contributed by atoms with E-state index in [9.17, 15) is 4.79 Å². The highest BCUT2D eigenvalue weighted by Crippen LogP contribution is 2.37. The van der Waals surface area contributed by atoms with Gasteiger partial charge in [0.15, 0.2) is 11.5 Å². The first-order valence-electron chi connectivity index (χ1n) is 9.15. The molecule has 0 spiro atoms. The van der Waals surface area contributed by atoms with Crippen LogP contribution in [0.4, 0.5) is 10.5 Å². The summed E-state index contributed by atoms with van der Waals surface area (Å²) in [5.41, 5.74) is 6.70. The summed E-state index contributed by atoms with van der Waals surface area (Å²) >= 11 is 0. The molecule has 1 aliphatic rings. The summed E-state index contributed by atoms with van der Waals surface area (Å²) in [5.74, 6) is 1.26. The highest BCUT2D eigenvalue weighted by molar-refractivity contribution is 5.90. The molecule has 4 rings (SSSR count). The number of nitrogens with one attached hydrogen (secondary N) is 2. The van der Waals surface area contributed by atoms with Crippen molar-refractivity contribution in [2.75, 3.05) is 19.5 Å². The Labute approximate surface area is 164 Å². The lowest BCUT2D eigenvalue weighted by Crippen LogP contribution is -2.28. The summed E-state index contributed by atoms with van der Waals surface area (Å²) in [6.45, 7) is 0.336. The van der Waals surface area contributed by atoms with Gasteiger partial charge in [-0.25, -0.2) is 4.79 Å². The minimum atomic E-state index is -0.264. The molecule has 3 aromatic rings. The number of rotatable bonds is 5. The Kier molecular flexibility index (Phi) is 4.89. The summed E-state index contributed by atoms with van der Waals surface area (Å²) in [5, 5.41) is 5.79. The third kappa shape index (κ3) is 3.39. The Morgan fingerprint density at radius 2 is 1.75 bits per heavy atom. The number of hydrogen-bond donors (Lipinski definition) is 2. The Bertz CT molecular complexity index is 1030. The maximum atomic E-state index is 12.4. The van der Waals surface area contributed by atoms with E-state index in [0.29, 0.717) is 18.0 Å². The van der Waals surface area contributed by atoms with Crippen LogP contribution in [0.15, 0.2) is 60.7 Å². The van der Waals surface area contributed by atoms with Crippen molar-refractivity contribution in [3.8, 4) is 22.6 Å². The molecule has 0 unspecified atom stereocenters. The maximum Gasteiger partial charge on any atom is 0.319 e. The number of carbonyl (C=O) groups excluding carboxylic acids is 1. The van der Waals surface area contributed by atoms with Crippen LogP contribution in [-0.2, 0) is 13.0 Å². The molecule has 2 N–H and O–H groups in total. The summed E-state index contributed by atoms with van der Waals surface area (Å²) in [6.07, 6.45) is 0.893. The number of urea groups is 1. The molecule has 2 amide bonds. The predicted molar refractivity (Wildman–Crippen MR) is 110 cm³/mol. The van der Waals surface area contributed by atoms with Gasteiger partial charge in [-0.05, 0) is 46.9 Å². The largest absolute Gasteiger partial charge is 0.493 e. The van der Waals surface area contributed by atoms with Crippen LogP contribution in [0.25, 0.3) is 11.1 Å². The molecule has 142 valence electrons. The lowest BCUT2D eigenvalue weighted by Gasteiger charge is -2.14. The van der Waals surface area contributed by atoms with Gasteiger partial charge in [0.2, 0.25) is 0 Å². The van der Waals surface area contributed by atoms with Gasteiger partial charge in [0.1, 0.15) is 0 Å². The highest BCUT2D eigenvalue weighted by Gasteiger charge is 2.18. The Morgan fingerprint density at radius 3 is 2.57 bits per heavy atom. The zero-order valence-corrected chi connectivity index (χ0v) is 15.9. The quantitative estimate of drug-likeness (QED) is 0.537. The first-order valence-corrected chi connectivity index (χ1v) is 9.15. The first kappa shape index (κ1) is 17.9. The van der Waals surface area contributed by atoms with Crippen molar-refractivity contribution in [1.82, 2.24) is 5.32 Å². The monoisotopic (exact) mass is 374 g/mol. The van der Waals surface area contributed by atoms with Crippen LogP contribution in [-0.4, -0.2) is 20.3 Å². The second-order valence-electron chi connectivity index (χ2n) is 6.67. The third-order valence-corrected chi connectivity index (χ3v) is 4.98. The van der Waals surface area contributed by atoms with Gasteiger partial charge < -0.3 is 20.1 Å². The van der Waals surface area contributed by atoms with Crippen LogP contribution >= 0.6 is 0 Å². The standard InChI is InChI=1S/C23H22N2O3/c1-27-21-9-5-7-16(22(21)28-2)14-24-23(26)25-18-10-11-20-17(13-18)12-15-6-3-4-8-19(15)20/h3-11,13H,12,14H2,1-2H3,(H2,24,25,26). The van der Waals surface area contributed by atoms with Gasteiger partial charge >= 0.3 is 6.03 Å². The van der Waals surface area contributed by atoms with Crippen LogP contribution < -0.4 is 20.1 Å². The molecule has 28 heavy (non-hydrogen) atoms. The van der Waals surface area contributed by atoms with E-state index < -0.39 is 0 Å². The molecule has 0 bridgehead atoms. The smallest absolute Gasteiger partial charge is 0.319 e. The van der Waals surface area contributed by atoms with Crippen molar-refractivity contribution in [3.63, 3.8) is 0 Å². The molecular weight excluding hydrogens is 352 g/mol. The first-order chi connectivity index (χ1) is 13.7. The number of fused-ring (bicyclic) bond motifs is 3. The molecule has 0 fully saturated rings. The van der Waals surface area contributed by atoms with E-state index >= 15 is 0 Å². The van der Waals surface area contributed by atoms with E-state index in [0.717, 1.165) is 17.7 Å². The number of hydrogen-bond acceptors (Lipinski definition) is 3. The Balaban J connectivity index is 1.42. The zero-order chi connectivity index (χ0) is 19.5. The Morgan fingerprint density at radius 1 is 0.929 bits per heavy atom. The maximum absolute atomic E-state index is 12.4. The van der Waals surface area contributed by atoms with Gasteiger partial charge in [-0.1, -0.05) is 42.5 Å². The molecule has 1 aliphatic carbocycles. The summed E-state index contributed by atoms with van der Waals surface area (Å²) < 4.78 is 10.7. The molecular formula is C23H22N2O3. The fourth-order valence-corrected chi connectivity index (χ4v) is 3.67. The van der Waals surface area contributed by atoms with Crippen LogP contribution in [0.2, 0.25) is 0 Å². The van der Waals surface area contributed by atoms with E-state index in [-0.39, 0.29) is 6.03 Å². The average molecular weight is 374 g/mol. The molecule has 0 heterocycles. The van der Waals surface area contributed by atoms with Crippen molar-refractivity contribution < 1.29 is 14.3 Å². The van der Waals surface area contributed by atoms with Crippen molar-refractivity contribution in [1.29, 1.82) is 0 Å². The SMILES string of the molecule is COc1cccc(CNC(=O)Nc2ccc3c(c2)Cc2ccccc2-3)c1OC. The van der Waals surface area contributed by atoms with Crippen LogP contribution in [0.1, 0.15) is 16.7 Å². The molecule has 3 aromatic carbocycles. The highest BCUT2D eigenvalue weighted by atomic mass is 16.5. The molecule has 5 nitrogen and oxygen atoms in total. The zero-order valence-electron chi connectivity index (χ0n) is 15.9. The summed E-state index contributed by atoms with van der Waals surface area (Å²) in [7, 11) is 3.18. The van der Waals surface area contributed by atoms with Crippen molar-refractivity contribution >= 4 is 11.7 Å². The van der Waals surface area contributed by atoms with Gasteiger partial charge in [-0.15, -0.1) is 0 Å². The number of benzene rings is 3. The normalized spacial score (nSPS) is 11.4. The van der Waals surface area contributed by atoms with Crippen molar-refractivity contribution in [3.05, 3.63) is 77.4 Å². The molecule has 0 aliphatic heterocycles. The molecule has 0 saturated heterocycles. The minimum Gasteiger partial charge on any atom is -0.493 e. The average Bonchev–Trinajstić information content (AvgIpc) is 3.09. The summed E-state index contributed by atoms with van der Waals surface area (Å²) in [4.78, 5) is 12.4. The molecule has 0 atom stereocenters. The van der Waals surface area contributed by atoms with Gasteiger partial charge in [0.05, 0.1) is 14.2 Å². The Hall–Kier alpha value is -3.47. The fraction of sp³-hybridized carbons (Fsp3) is 0.174. The van der Waals surface area contributed by atoms with Crippen molar-refractivity contribution in [2.24, 2.45) is 0 Å². The molecule has 0 radical (unpaired) electrons. The number of carbonyl (C=O) groups is 1. The minimum absolute atomic E-state index is 0.264. The van der Waals surface area contributed by atoms with Crippen molar-refractivity contribution in [2.45, 2.75) is 13.0 Å². The lowest BCUT2D eigenvalue weighted by atomic mass is 10.1. The summed E-state index contributed by atoms with van der Waals surface area (Å²) in [6, 6.07) is 19.8. The number of amides is 2. The predicted octanol–water partition coefficient (Wildman–Crippen LogP) is 4.60. The van der Waals surface area contributed by atoms with Crippen LogP contribution in [0.5, 0.6) is 11.5 Å². The lowest BCUT2D eigenvalue weighted by molar-refractivity contribution is 0.251. The van der Waals surface area contributed by atoms with E-state index in [1.54, 1.807) is 14.2 Å². The third-order valence-electron chi connectivity index (χ3n) is 4.98. The van der Waals surface area contributed by atoms with Gasteiger partial charge in [-0.2, -0.15) is 0 Å². The molecule has 5 heteroatoms. The van der Waals surface area contributed by atoms with E-state index in [4.69, 9.17) is 9.47 Å². The van der Waals surface area contributed by atoms with Gasteiger partial charge in [0, 0.05) is 17.8 Å². The fourth-order valence-electron chi connectivity index (χ4n) is 3.67. The molecule has 0 saturated carbocycles. The number of methoxy groups -OCH3 is 2. The second kappa shape index (κ2) is 7.64. The van der Waals surface area contributed by atoms with Gasteiger partial charge in [0.25, 0.3) is 0 Å². The van der Waals surface area contributed by atoms with E-state index in [1.165, 1.54) is 22.3 Å².